The minimum absolute atomic E-state index is 0. The molecule has 0 aliphatic carbocycles. The van der Waals surface area contributed by atoms with Gasteiger partial charge in [-0.25, -0.2) is 0 Å². The Morgan fingerprint density at radius 1 is 1.60 bits per heavy atom. The molecule has 0 saturated heterocycles. The summed E-state index contributed by atoms with van der Waals surface area (Å²) in [6.45, 7) is 2.57. The Kier molecular flexibility index (Phi) is 7.29. The van der Waals surface area contributed by atoms with E-state index < -0.39 is 6.29 Å². The van der Waals surface area contributed by atoms with E-state index in [1.807, 2.05) is 17.0 Å². The van der Waals surface area contributed by atoms with Gasteiger partial charge in [0.25, 0.3) is 0 Å². The average molecular weight is 298 g/mol. The number of thiazole rings is 1. The molecule has 1 unspecified atom stereocenters. The number of aromatic nitrogens is 1. The first-order valence-electron chi connectivity index (χ1n) is 4.47. The molecule has 0 aromatic carbocycles. The van der Waals surface area contributed by atoms with Crippen molar-refractivity contribution in [2.45, 2.75) is 26.2 Å². The summed E-state index contributed by atoms with van der Waals surface area (Å²) < 4.78 is 6.70. The molecule has 0 amide bonds. The van der Waals surface area contributed by atoms with Crippen LogP contribution in [-0.2, 0) is 17.7 Å². The number of aliphatic hydroxyl groups is 2. The smallest absolute Gasteiger partial charge is 0.225 e. The Labute approximate surface area is 104 Å². The third-order valence-electron chi connectivity index (χ3n) is 2.12. The molecule has 0 saturated carbocycles. The lowest BCUT2D eigenvalue weighted by molar-refractivity contribution is -0.711. The summed E-state index contributed by atoms with van der Waals surface area (Å²) in [5, 5.41) is 18.1. The highest BCUT2D eigenvalue weighted by atomic mass is 79.9. The molecule has 88 valence electrons. The molecule has 0 bridgehead atoms. The van der Waals surface area contributed by atoms with E-state index in [1.165, 1.54) is 7.11 Å². The van der Waals surface area contributed by atoms with Gasteiger partial charge in [-0.2, -0.15) is 4.57 Å². The number of aliphatic hydroxyl groups excluding tert-OH is 2. The van der Waals surface area contributed by atoms with Crippen LogP contribution in [0, 0.1) is 6.92 Å². The zero-order valence-corrected chi connectivity index (χ0v) is 11.2. The molecule has 0 fully saturated rings. The second kappa shape index (κ2) is 7.29. The molecule has 15 heavy (non-hydrogen) atoms. The summed E-state index contributed by atoms with van der Waals surface area (Å²) in [4.78, 5) is 1.15. The molecule has 1 rings (SSSR count). The van der Waals surface area contributed by atoms with Crippen molar-refractivity contribution in [3.05, 3.63) is 16.1 Å². The van der Waals surface area contributed by atoms with Gasteiger partial charge in [0.1, 0.15) is 0 Å². The maximum atomic E-state index is 9.29. The van der Waals surface area contributed by atoms with Crippen molar-refractivity contribution in [2.24, 2.45) is 0 Å². The predicted molar refractivity (Wildman–Crippen MR) is 53.1 cm³/mol. The number of hydrogen-bond acceptors (Lipinski definition) is 4. The van der Waals surface area contributed by atoms with Crippen LogP contribution in [0.25, 0.3) is 0 Å². The Bertz CT molecular complexity index is 293. The minimum Gasteiger partial charge on any atom is -1.00 e. The van der Waals surface area contributed by atoms with Gasteiger partial charge in [-0.1, -0.05) is 11.3 Å². The molecule has 0 spiro atoms. The monoisotopic (exact) mass is 297 g/mol. The second-order valence-electron chi connectivity index (χ2n) is 3.05. The molecular formula is C9H16BrNO3S. The van der Waals surface area contributed by atoms with Crippen LogP contribution in [0.1, 0.15) is 10.6 Å². The van der Waals surface area contributed by atoms with E-state index in [2.05, 4.69) is 0 Å². The fourth-order valence-electron chi connectivity index (χ4n) is 1.22. The number of rotatable bonds is 5. The first kappa shape index (κ1) is 15.0. The van der Waals surface area contributed by atoms with Crippen LogP contribution < -0.4 is 21.5 Å². The topological polar surface area (TPSA) is 53.6 Å². The van der Waals surface area contributed by atoms with Gasteiger partial charge >= 0.3 is 0 Å². The van der Waals surface area contributed by atoms with Gasteiger partial charge < -0.3 is 31.9 Å². The standard InChI is InChI=1S/C9H16NO3S.BrH/c1-7-8(3-4-11)14-6-10(7)5-9(12)13-2;/h6,9,11-12H,3-5H2,1-2H3;1H/q+1;/p-1. The van der Waals surface area contributed by atoms with Crippen molar-refractivity contribution in [1.29, 1.82) is 0 Å². The quantitative estimate of drug-likeness (QED) is 0.446. The summed E-state index contributed by atoms with van der Waals surface area (Å²) in [5.74, 6) is 0. The van der Waals surface area contributed by atoms with Crippen molar-refractivity contribution in [1.82, 2.24) is 0 Å². The lowest BCUT2D eigenvalue weighted by Crippen LogP contribution is -3.00. The van der Waals surface area contributed by atoms with Crippen molar-refractivity contribution in [3.63, 3.8) is 0 Å². The SMILES string of the molecule is COC(O)C[n+]1csc(CCO)c1C.[Br-]. The summed E-state index contributed by atoms with van der Waals surface area (Å²) in [6.07, 6.45) is -0.0951. The third kappa shape index (κ3) is 4.16. The Morgan fingerprint density at radius 3 is 2.80 bits per heavy atom. The Hall–Kier alpha value is -0.0100. The maximum absolute atomic E-state index is 9.29. The number of methoxy groups -OCH3 is 1. The zero-order valence-electron chi connectivity index (χ0n) is 8.81. The van der Waals surface area contributed by atoms with E-state index in [1.54, 1.807) is 11.3 Å². The first-order chi connectivity index (χ1) is 6.69. The second-order valence-corrected chi connectivity index (χ2v) is 3.99. The Morgan fingerprint density at radius 2 is 2.27 bits per heavy atom. The van der Waals surface area contributed by atoms with Crippen molar-refractivity contribution < 1.29 is 36.5 Å². The fraction of sp³-hybridized carbons (Fsp3) is 0.667. The summed E-state index contributed by atoms with van der Waals surface area (Å²) >= 11 is 1.59. The van der Waals surface area contributed by atoms with Crippen molar-refractivity contribution in [2.75, 3.05) is 13.7 Å². The summed E-state index contributed by atoms with van der Waals surface area (Å²) in [5.41, 5.74) is 3.02. The Balaban J connectivity index is 0.00000196. The third-order valence-corrected chi connectivity index (χ3v) is 3.26. The minimum atomic E-state index is -0.768. The van der Waals surface area contributed by atoms with E-state index in [-0.39, 0.29) is 23.6 Å². The lowest BCUT2D eigenvalue weighted by Gasteiger charge is -2.03. The van der Waals surface area contributed by atoms with Crippen LogP contribution in [-0.4, -0.2) is 30.2 Å². The van der Waals surface area contributed by atoms with Gasteiger partial charge in [-0.15, -0.1) is 0 Å². The van der Waals surface area contributed by atoms with Crippen molar-refractivity contribution in [3.8, 4) is 0 Å². The highest BCUT2D eigenvalue weighted by Crippen LogP contribution is 2.11. The van der Waals surface area contributed by atoms with Gasteiger partial charge in [0.15, 0.2) is 12.2 Å². The number of nitrogens with zero attached hydrogens (tertiary/aromatic N) is 1. The van der Waals surface area contributed by atoms with Gasteiger partial charge in [0.05, 0.1) is 4.88 Å². The van der Waals surface area contributed by atoms with E-state index in [0.717, 1.165) is 10.6 Å². The van der Waals surface area contributed by atoms with E-state index in [9.17, 15) is 5.11 Å². The summed E-state index contributed by atoms with van der Waals surface area (Å²) in [7, 11) is 1.47. The average Bonchev–Trinajstić information content (AvgIpc) is 2.50. The molecule has 2 N–H and O–H groups in total. The molecule has 0 radical (unpaired) electrons. The molecule has 1 aromatic rings. The van der Waals surface area contributed by atoms with Gasteiger partial charge in [-0.3, -0.25) is 0 Å². The first-order valence-corrected chi connectivity index (χ1v) is 5.35. The van der Waals surface area contributed by atoms with Crippen LogP contribution in [0.4, 0.5) is 0 Å². The van der Waals surface area contributed by atoms with Crippen LogP contribution in [0.2, 0.25) is 0 Å². The highest BCUT2D eigenvalue weighted by Gasteiger charge is 2.17. The highest BCUT2D eigenvalue weighted by molar-refractivity contribution is 7.09. The fourth-order valence-corrected chi connectivity index (χ4v) is 2.21. The van der Waals surface area contributed by atoms with E-state index in [4.69, 9.17) is 9.84 Å². The molecule has 1 heterocycles. The van der Waals surface area contributed by atoms with Crippen LogP contribution in [0.3, 0.4) is 0 Å². The van der Waals surface area contributed by atoms with Gasteiger partial charge in [0.2, 0.25) is 11.8 Å². The van der Waals surface area contributed by atoms with Gasteiger partial charge in [0, 0.05) is 27.1 Å². The van der Waals surface area contributed by atoms with Crippen LogP contribution >= 0.6 is 11.3 Å². The zero-order chi connectivity index (χ0) is 10.6. The molecule has 0 aliphatic heterocycles. The number of hydrogen-bond donors (Lipinski definition) is 2. The largest absolute Gasteiger partial charge is 1.00 e. The van der Waals surface area contributed by atoms with Gasteiger partial charge in [-0.05, 0) is 0 Å². The van der Waals surface area contributed by atoms with E-state index in [0.29, 0.717) is 13.0 Å². The molecule has 6 heteroatoms. The van der Waals surface area contributed by atoms with Crippen molar-refractivity contribution >= 4 is 11.3 Å². The van der Waals surface area contributed by atoms with Crippen LogP contribution in [0.15, 0.2) is 5.51 Å². The normalized spacial score (nSPS) is 12.3. The molecule has 0 aliphatic rings. The molecular weight excluding hydrogens is 282 g/mol. The van der Waals surface area contributed by atoms with E-state index >= 15 is 0 Å². The lowest BCUT2D eigenvalue weighted by atomic mass is 10.3. The number of halogens is 1. The maximum Gasteiger partial charge on any atom is 0.225 e. The molecule has 1 atom stereocenters. The molecule has 1 aromatic heterocycles. The van der Waals surface area contributed by atoms with Crippen LogP contribution in [0.5, 0.6) is 0 Å². The predicted octanol–water partition coefficient (Wildman–Crippen LogP) is -3.15. The number of ether oxygens (including phenoxy) is 1. The molecule has 4 nitrogen and oxygen atoms in total. The summed E-state index contributed by atoms with van der Waals surface area (Å²) in [6, 6.07) is 0.